The number of hydrogen-bond donors (Lipinski definition) is 1. The third-order valence-corrected chi connectivity index (χ3v) is 4.36. The Bertz CT molecular complexity index is 886. The fourth-order valence-corrected chi connectivity index (χ4v) is 2.87. The molecule has 0 fully saturated rings. The molecule has 3 rings (SSSR count). The minimum Gasteiger partial charge on any atom is -0.494 e. The van der Waals surface area contributed by atoms with Crippen LogP contribution in [-0.2, 0) is 0 Å². The molecule has 1 heterocycles. The number of non-ortho nitro benzene ring substituents is 1. The molecule has 26 heavy (non-hydrogen) atoms. The zero-order valence-electron chi connectivity index (χ0n) is 13.6. The Kier molecular flexibility index (Phi) is 5.80. The van der Waals surface area contributed by atoms with Crippen LogP contribution in [0.15, 0.2) is 53.7 Å². The summed E-state index contributed by atoms with van der Waals surface area (Å²) in [6.45, 7) is 0.468. The zero-order chi connectivity index (χ0) is 18.4. The Hall–Kier alpha value is -2.94. The number of nitro benzene ring substituents is 1. The van der Waals surface area contributed by atoms with E-state index in [0.717, 1.165) is 12.2 Å². The Balaban J connectivity index is 1.43. The third kappa shape index (κ3) is 4.57. The van der Waals surface area contributed by atoms with E-state index in [0.29, 0.717) is 28.9 Å². The normalized spacial score (nSPS) is 10.7. The van der Waals surface area contributed by atoms with Crippen molar-refractivity contribution in [2.24, 2.45) is 0 Å². The molecular weight excluding hydrogens is 359 g/mol. The fraction of sp³-hybridized carbons (Fsp3) is 0.176. The van der Waals surface area contributed by atoms with Crippen LogP contribution in [0.25, 0.3) is 11.4 Å². The van der Waals surface area contributed by atoms with Crippen molar-refractivity contribution in [1.29, 1.82) is 0 Å². The number of nitrogens with zero attached hydrogens (tertiary/aromatic N) is 3. The van der Waals surface area contributed by atoms with Gasteiger partial charge in [0, 0.05) is 17.9 Å². The molecule has 0 aliphatic rings. The Morgan fingerprint density at radius 1 is 1.19 bits per heavy atom. The molecule has 134 valence electrons. The Morgan fingerprint density at radius 3 is 2.69 bits per heavy atom. The molecule has 1 aromatic heterocycles. The van der Waals surface area contributed by atoms with E-state index in [4.69, 9.17) is 4.74 Å². The largest absolute Gasteiger partial charge is 0.494 e. The number of H-pyrrole nitrogens is 1. The van der Waals surface area contributed by atoms with Gasteiger partial charge in [0.05, 0.1) is 17.1 Å². The van der Waals surface area contributed by atoms with E-state index in [1.54, 1.807) is 30.3 Å². The van der Waals surface area contributed by atoms with Crippen LogP contribution < -0.4 is 4.74 Å². The van der Waals surface area contributed by atoms with Gasteiger partial charge in [-0.1, -0.05) is 23.9 Å². The number of thioether (sulfide) groups is 1. The highest BCUT2D eigenvalue weighted by molar-refractivity contribution is 7.99. The molecule has 0 saturated heterocycles. The molecule has 0 aliphatic heterocycles. The number of nitro groups is 1. The van der Waals surface area contributed by atoms with E-state index in [2.05, 4.69) is 15.2 Å². The van der Waals surface area contributed by atoms with E-state index >= 15 is 0 Å². The van der Waals surface area contributed by atoms with Crippen LogP contribution in [0.4, 0.5) is 10.1 Å². The van der Waals surface area contributed by atoms with Gasteiger partial charge in [0.2, 0.25) is 5.16 Å². The van der Waals surface area contributed by atoms with Crippen LogP contribution in [0.2, 0.25) is 0 Å². The molecule has 0 spiro atoms. The second-order valence-electron chi connectivity index (χ2n) is 5.25. The minimum absolute atomic E-state index is 0.0307. The maximum atomic E-state index is 13.7. The molecule has 0 radical (unpaired) electrons. The van der Waals surface area contributed by atoms with E-state index in [9.17, 15) is 14.5 Å². The molecule has 3 aromatic rings. The predicted molar refractivity (Wildman–Crippen MR) is 95.7 cm³/mol. The second-order valence-corrected chi connectivity index (χ2v) is 6.31. The van der Waals surface area contributed by atoms with Crippen molar-refractivity contribution in [3.05, 3.63) is 64.5 Å². The monoisotopic (exact) mass is 374 g/mol. The molecule has 0 aliphatic carbocycles. The van der Waals surface area contributed by atoms with Crippen molar-refractivity contribution in [1.82, 2.24) is 15.2 Å². The van der Waals surface area contributed by atoms with Crippen molar-refractivity contribution in [2.45, 2.75) is 11.6 Å². The Morgan fingerprint density at radius 2 is 1.96 bits per heavy atom. The van der Waals surface area contributed by atoms with Crippen LogP contribution in [0.5, 0.6) is 5.75 Å². The summed E-state index contributed by atoms with van der Waals surface area (Å²) in [6.07, 6.45) is 0.741. The lowest BCUT2D eigenvalue weighted by atomic mass is 10.2. The average molecular weight is 374 g/mol. The summed E-state index contributed by atoms with van der Waals surface area (Å²) in [7, 11) is 0. The standard InChI is InChI=1S/C17H15FN4O3S/c18-15-5-2-1-4-14(15)16-19-17(21-20-16)26-11-3-10-25-13-8-6-12(7-9-13)22(23)24/h1-2,4-9H,3,10-11H2,(H,19,20,21). The molecule has 1 N–H and O–H groups in total. The average Bonchev–Trinajstić information content (AvgIpc) is 3.11. The highest BCUT2D eigenvalue weighted by Crippen LogP contribution is 2.22. The van der Waals surface area contributed by atoms with Crippen molar-refractivity contribution >= 4 is 17.4 Å². The lowest BCUT2D eigenvalue weighted by Gasteiger charge is -2.04. The molecule has 0 unspecified atom stereocenters. The first-order valence-corrected chi connectivity index (χ1v) is 8.79. The molecule has 0 amide bonds. The van der Waals surface area contributed by atoms with Crippen LogP contribution in [0.1, 0.15) is 6.42 Å². The van der Waals surface area contributed by atoms with Crippen LogP contribution >= 0.6 is 11.8 Å². The smallest absolute Gasteiger partial charge is 0.269 e. The molecule has 0 saturated carbocycles. The number of aromatic nitrogens is 3. The first-order valence-electron chi connectivity index (χ1n) is 7.81. The molecule has 2 aromatic carbocycles. The van der Waals surface area contributed by atoms with Crippen molar-refractivity contribution in [3.8, 4) is 17.1 Å². The number of nitrogens with one attached hydrogen (secondary N) is 1. The van der Waals surface area contributed by atoms with Gasteiger partial charge in [0.1, 0.15) is 11.6 Å². The predicted octanol–water partition coefficient (Wildman–Crippen LogP) is 4.08. The number of rotatable bonds is 8. The van der Waals surface area contributed by atoms with Gasteiger partial charge in [-0.3, -0.25) is 15.2 Å². The molecular formula is C17H15FN4O3S. The van der Waals surface area contributed by atoms with Crippen molar-refractivity contribution in [3.63, 3.8) is 0 Å². The summed E-state index contributed by atoms with van der Waals surface area (Å²) < 4.78 is 19.3. The number of hydrogen-bond acceptors (Lipinski definition) is 6. The van der Waals surface area contributed by atoms with Gasteiger partial charge >= 0.3 is 0 Å². The number of aromatic amines is 1. The Labute approximate surface area is 152 Å². The molecule has 7 nitrogen and oxygen atoms in total. The van der Waals surface area contributed by atoms with Gasteiger partial charge in [0.25, 0.3) is 5.69 Å². The van der Waals surface area contributed by atoms with E-state index in [-0.39, 0.29) is 11.5 Å². The van der Waals surface area contributed by atoms with Gasteiger partial charge in [-0.2, -0.15) is 0 Å². The summed E-state index contributed by atoms with van der Waals surface area (Å²) in [5.41, 5.74) is 0.413. The lowest BCUT2D eigenvalue weighted by molar-refractivity contribution is -0.384. The topological polar surface area (TPSA) is 93.9 Å². The van der Waals surface area contributed by atoms with Crippen molar-refractivity contribution < 1.29 is 14.1 Å². The van der Waals surface area contributed by atoms with Crippen LogP contribution in [0.3, 0.4) is 0 Å². The molecule has 0 bridgehead atoms. The quantitative estimate of drug-likeness (QED) is 0.276. The number of benzene rings is 2. The minimum atomic E-state index is -0.452. The number of halogens is 1. The third-order valence-electron chi connectivity index (χ3n) is 3.43. The van der Waals surface area contributed by atoms with Crippen molar-refractivity contribution in [2.75, 3.05) is 12.4 Å². The summed E-state index contributed by atoms with van der Waals surface area (Å²) in [5.74, 6) is 1.35. The first-order chi connectivity index (χ1) is 12.6. The SMILES string of the molecule is O=[N+]([O-])c1ccc(OCCCSc2n[nH]c(-c3ccccc3F)n2)cc1. The van der Waals surface area contributed by atoms with Gasteiger partial charge in [-0.15, -0.1) is 5.10 Å². The summed E-state index contributed by atoms with van der Waals surface area (Å²) in [6, 6.07) is 12.3. The second kappa shape index (κ2) is 8.43. The fourth-order valence-electron chi connectivity index (χ4n) is 2.16. The summed E-state index contributed by atoms with van der Waals surface area (Å²) in [5, 5.41) is 17.9. The van der Waals surface area contributed by atoms with E-state index < -0.39 is 4.92 Å². The van der Waals surface area contributed by atoms with Gasteiger partial charge in [-0.25, -0.2) is 9.37 Å². The maximum Gasteiger partial charge on any atom is 0.269 e. The maximum absolute atomic E-state index is 13.7. The number of ether oxygens (including phenoxy) is 1. The lowest BCUT2D eigenvalue weighted by Crippen LogP contribution is -1.99. The van der Waals surface area contributed by atoms with E-state index in [1.165, 1.54) is 30.0 Å². The molecule has 9 heteroatoms. The highest BCUT2D eigenvalue weighted by atomic mass is 32.2. The summed E-state index contributed by atoms with van der Waals surface area (Å²) in [4.78, 5) is 14.4. The zero-order valence-corrected chi connectivity index (χ0v) is 14.4. The van der Waals surface area contributed by atoms with Gasteiger partial charge in [0.15, 0.2) is 5.82 Å². The van der Waals surface area contributed by atoms with E-state index in [1.807, 2.05) is 0 Å². The summed E-state index contributed by atoms with van der Waals surface area (Å²) >= 11 is 1.44. The van der Waals surface area contributed by atoms with Gasteiger partial charge in [-0.05, 0) is 30.7 Å². The van der Waals surface area contributed by atoms with Crippen LogP contribution in [0, 0.1) is 15.9 Å². The van der Waals surface area contributed by atoms with Gasteiger partial charge < -0.3 is 4.74 Å². The highest BCUT2D eigenvalue weighted by Gasteiger charge is 2.10. The van der Waals surface area contributed by atoms with Crippen LogP contribution in [-0.4, -0.2) is 32.5 Å². The molecule has 0 atom stereocenters. The first kappa shape index (κ1) is 17.9.